The lowest BCUT2D eigenvalue weighted by Gasteiger charge is -2.23. The van der Waals surface area contributed by atoms with Crippen molar-refractivity contribution in [3.05, 3.63) is 47.2 Å². The molecule has 0 fully saturated rings. The molecule has 3 rings (SSSR count). The van der Waals surface area contributed by atoms with E-state index in [1.54, 1.807) is 14.0 Å². The van der Waals surface area contributed by atoms with Crippen molar-refractivity contribution in [1.82, 2.24) is 15.6 Å². The van der Waals surface area contributed by atoms with Gasteiger partial charge in [-0.25, -0.2) is 5.43 Å². The molecule has 6 nitrogen and oxygen atoms in total. The van der Waals surface area contributed by atoms with E-state index in [1.807, 2.05) is 30.3 Å². The molecule has 1 aromatic heterocycles. The van der Waals surface area contributed by atoms with E-state index in [1.165, 1.54) is 5.01 Å². The average Bonchev–Trinajstić information content (AvgIpc) is 2.72. The minimum Gasteiger partial charge on any atom is -0.338 e. The molecule has 98 valence electrons. The number of carbonyl (C=O) groups excluding carboxylic acids is 1. The molecular weight excluding hydrogens is 244 g/mol. The van der Waals surface area contributed by atoms with E-state index in [0.717, 1.165) is 5.56 Å². The molecular formula is C13H14N4O2. The normalized spacial score (nSPS) is 18.7. The number of amides is 1. The first-order valence-corrected chi connectivity index (χ1v) is 5.99. The zero-order valence-electron chi connectivity index (χ0n) is 10.7. The Balaban J connectivity index is 2.02. The summed E-state index contributed by atoms with van der Waals surface area (Å²) in [5, 5.41) is 8.44. The number of aryl methyl sites for hydroxylation is 1. The lowest BCUT2D eigenvalue weighted by Crippen LogP contribution is -2.41. The molecule has 0 bridgehead atoms. The summed E-state index contributed by atoms with van der Waals surface area (Å²) in [6.07, 6.45) is -0.247. The molecule has 1 aliphatic rings. The summed E-state index contributed by atoms with van der Waals surface area (Å²) in [5.41, 5.74) is 5.14. The molecule has 1 aliphatic heterocycles. The van der Waals surface area contributed by atoms with Crippen molar-refractivity contribution in [2.75, 3.05) is 12.4 Å². The number of fused-ring (bicyclic) bond motifs is 1. The molecule has 1 atom stereocenters. The molecule has 1 unspecified atom stereocenters. The third kappa shape index (κ3) is 1.96. The van der Waals surface area contributed by atoms with Gasteiger partial charge in [-0.05, 0) is 12.5 Å². The van der Waals surface area contributed by atoms with Crippen molar-refractivity contribution in [2.45, 2.75) is 13.1 Å². The minimum absolute atomic E-state index is 0.167. The lowest BCUT2D eigenvalue weighted by molar-refractivity contribution is 0.0702. The summed E-state index contributed by atoms with van der Waals surface area (Å²) < 4.78 is 5.19. The number of nitrogens with zero attached hydrogens (tertiary/aromatic N) is 2. The van der Waals surface area contributed by atoms with Gasteiger partial charge in [-0.3, -0.25) is 9.80 Å². The Kier molecular flexibility index (Phi) is 2.72. The Morgan fingerprint density at radius 2 is 2.05 bits per heavy atom. The van der Waals surface area contributed by atoms with Crippen molar-refractivity contribution in [3.63, 3.8) is 0 Å². The fraction of sp³-hybridized carbons (Fsp3) is 0.231. The summed E-state index contributed by atoms with van der Waals surface area (Å²) in [5.74, 6) is 0.230. The summed E-state index contributed by atoms with van der Waals surface area (Å²) >= 11 is 0. The predicted molar refractivity (Wildman–Crippen MR) is 69.3 cm³/mol. The van der Waals surface area contributed by atoms with Crippen LogP contribution >= 0.6 is 0 Å². The second-order valence-corrected chi connectivity index (χ2v) is 4.45. The van der Waals surface area contributed by atoms with Crippen molar-refractivity contribution >= 4 is 11.8 Å². The van der Waals surface area contributed by atoms with Gasteiger partial charge in [-0.15, -0.1) is 0 Å². The van der Waals surface area contributed by atoms with Crippen LogP contribution in [0, 0.1) is 6.92 Å². The van der Waals surface area contributed by atoms with Gasteiger partial charge in [0.2, 0.25) is 5.88 Å². The SMILES string of the molecule is Cc1noc2c1C(=O)N(C)NC(c1ccccc1)N2. The zero-order valence-corrected chi connectivity index (χ0v) is 10.7. The fourth-order valence-electron chi connectivity index (χ4n) is 2.11. The molecule has 2 aromatic rings. The Hall–Kier alpha value is -2.34. The number of rotatable bonds is 1. The molecule has 0 saturated carbocycles. The number of hydrogen-bond acceptors (Lipinski definition) is 5. The Labute approximate surface area is 110 Å². The van der Waals surface area contributed by atoms with E-state index in [-0.39, 0.29) is 12.1 Å². The standard InChI is InChI=1S/C13H14N4O2/c1-8-10-12(19-16-8)14-11(15-17(2)13(10)18)9-6-4-3-5-7-9/h3-7,11,14-15H,1-2H3. The van der Waals surface area contributed by atoms with E-state index >= 15 is 0 Å². The Morgan fingerprint density at radius 1 is 1.32 bits per heavy atom. The van der Waals surface area contributed by atoms with Crippen molar-refractivity contribution in [1.29, 1.82) is 0 Å². The number of carbonyl (C=O) groups is 1. The molecule has 19 heavy (non-hydrogen) atoms. The Bertz CT molecular complexity index is 608. The quantitative estimate of drug-likeness (QED) is 0.814. The van der Waals surface area contributed by atoms with E-state index in [0.29, 0.717) is 17.1 Å². The topological polar surface area (TPSA) is 70.4 Å². The second kappa shape index (κ2) is 4.40. The van der Waals surface area contributed by atoms with E-state index in [2.05, 4.69) is 15.9 Å². The van der Waals surface area contributed by atoms with Gasteiger partial charge in [0, 0.05) is 7.05 Å². The van der Waals surface area contributed by atoms with E-state index in [9.17, 15) is 4.79 Å². The summed E-state index contributed by atoms with van der Waals surface area (Å²) in [4.78, 5) is 12.2. The van der Waals surface area contributed by atoms with E-state index in [4.69, 9.17) is 4.52 Å². The minimum atomic E-state index is -0.247. The summed E-state index contributed by atoms with van der Waals surface area (Å²) in [6.45, 7) is 1.75. The van der Waals surface area contributed by atoms with Crippen LogP contribution in [-0.4, -0.2) is 23.1 Å². The molecule has 0 spiro atoms. The van der Waals surface area contributed by atoms with Crippen LogP contribution in [0.15, 0.2) is 34.9 Å². The largest absolute Gasteiger partial charge is 0.338 e. The molecule has 0 aliphatic carbocycles. The summed E-state index contributed by atoms with van der Waals surface area (Å²) in [7, 11) is 1.68. The smallest absolute Gasteiger partial charge is 0.275 e. The second-order valence-electron chi connectivity index (χ2n) is 4.45. The number of nitrogens with one attached hydrogen (secondary N) is 2. The van der Waals surface area contributed by atoms with Gasteiger partial charge in [0.15, 0.2) is 0 Å². The van der Waals surface area contributed by atoms with Crippen LogP contribution in [-0.2, 0) is 0 Å². The van der Waals surface area contributed by atoms with Gasteiger partial charge in [0.1, 0.15) is 11.7 Å². The number of anilines is 1. The first kappa shape index (κ1) is 11.7. The van der Waals surface area contributed by atoms with Gasteiger partial charge in [0.05, 0.1) is 5.69 Å². The van der Waals surface area contributed by atoms with Crippen LogP contribution in [0.2, 0.25) is 0 Å². The lowest BCUT2D eigenvalue weighted by atomic mass is 10.2. The number of benzene rings is 1. The number of hydrazine groups is 1. The van der Waals surface area contributed by atoms with Gasteiger partial charge >= 0.3 is 0 Å². The van der Waals surface area contributed by atoms with Crippen LogP contribution < -0.4 is 10.7 Å². The summed E-state index contributed by atoms with van der Waals surface area (Å²) in [6, 6.07) is 9.77. The molecule has 0 radical (unpaired) electrons. The predicted octanol–water partition coefficient (Wildman–Crippen LogP) is 1.68. The van der Waals surface area contributed by atoms with Crippen LogP contribution in [0.5, 0.6) is 0 Å². The van der Waals surface area contributed by atoms with Crippen LogP contribution in [0.25, 0.3) is 0 Å². The van der Waals surface area contributed by atoms with Crippen LogP contribution in [0.4, 0.5) is 5.88 Å². The highest BCUT2D eigenvalue weighted by molar-refractivity contribution is 5.99. The maximum atomic E-state index is 12.2. The first-order chi connectivity index (χ1) is 9.16. The first-order valence-electron chi connectivity index (χ1n) is 5.99. The maximum Gasteiger partial charge on any atom is 0.275 e. The third-order valence-corrected chi connectivity index (χ3v) is 3.11. The van der Waals surface area contributed by atoms with E-state index < -0.39 is 0 Å². The highest BCUT2D eigenvalue weighted by Crippen LogP contribution is 2.27. The Morgan fingerprint density at radius 3 is 2.79 bits per heavy atom. The van der Waals surface area contributed by atoms with Gasteiger partial charge < -0.3 is 9.84 Å². The monoisotopic (exact) mass is 258 g/mol. The molecule has 2 N–H and O–H groups in total. The third-order valence-electron chi connectivity index (χ3n) is 3.11. The number of hydrogen-bond donors (Lipinski definition) is 2. The number of aromatic nitrogens is 1. The van der Waals surface area contributed by atoms with Crippen molar-refractivity contribution < 1.29 is 9.32 Å². The highest BCUT2D eigenvalue weighted by atomic mass is 16.5. The maximum absolute atomic E-state index is 12.2. The molecule has 1 aromatic carbocycles. The molecule has 2 heterocycles. The molecule has 0 saturated heterocycles. The van der Waals surface area contributed by atoms with Gasteiger partial charge in [0.25, 0.3) is 5.91 Å². The fourth-order valence-corrected chi connectivity index (χ4v) is 2.11. The molecule has 1 amide bonds. The van der Waals surface area contributed by atoms with Crippen molar-refractivity contribution in [3.8, 4) is 0 Å². The highest BCUT2D eigenvalue weighted by Gasteiger charge is 2.30. The van der Waals surface area contributed by atoms with Crippen molar-refractivity contribution in [2.24, 2.45) is 0 Å². The van der Waals surface area contributed by atoms with Gasteiger partial charge in [-0.2, -0.15) is 0 Å². The van der Waals surface area contributed by atoms with Crippen LogP contribution in [0.3, 0.4) is 0 Å². The molecule has 6 heteroatoms. The average molecular weight is 258 g/mol. The zero-order chi connectivity index (χ0) is 13.4. The van der Waals surface area contributed by atoms with Gasteiger partial charge in [-0.1, -0.05) is 35.5 Å². The van der Waals surface area contributed by atoms with Crippen LogP contribution in [0.1, 0.15) is 27.8 Å².